The molecule has 4 aromatic rings. The van der Waals surface area contributed by atoms with Gasteiger partial charge in [-0.1, -0.05) is 100 Å². The molecule has 2 aliphatic heterocycles. The van der Waals surface area contributed by atoms with E-state index in [1.165, 1.54) is 60.1 Å². The van der Waals surface area contributed by atoms with Crippen molar-refractivity contribution in [2.75, 3.05) is 37.7 Å². The van der Waals surface area contributed by atoms with Crippen LogP contribution in [-0.4, -0.2) is 97.8 Å². The van der Waals surface area contributed by atoms with Crippen molar-refractivity contribution in [2.24, 2.45) is 11.8 Å². The zero-order valence-electron chi connectivity index (χ0n) is 41.5. The van der Waals surface area contributed by atoms with Crippen molar-refractivity contribution in [1.82, 2.24) is 19.2 Å². The van der Waals surface area contributed by atoms with E-state index in [2.05, 4.69) is 9.44 Å². The fourth-order valence-corrected chi connectivity index (χ4v) is 11.3. The Hall–Kier alpha value is -6.71. The smallest absolute Gasteiger partial charge is 0.291 e. The fraction of sp³-hybridized carbons (Fsp3) is 0.385. The normalized spacial score (nSPS) is 16.5. The van der Waals surface area contributed by atoms with Crippen molar-refractivity contribution in [2.45, 2.75) is 88.9 Å². The summed E-state index contributed by atoms with van der Waals surface area (Å²) in [6.45, 7) is 11.1. The molecule has 21 heteroatoms. The zero-order chi connectivity index (χ0) is 53.4. The van der Waals surface area contributed by atoms with E-state index in [-0.39, 0.29) is 68.7 Å². The summed E-state index contributed by atoms with van der Waals surface area (Å²) in [4.78, 5) is 82.2. The number of nitro groups is 2. The molecule has 2 unspecified atom stereocenters. The molecular formula is C52H60N6O12S3. The second kappa shape index (κ2) is 23.9. The Morgan fingerprint density at radius 1 is 0.630 bits per heavy atom. The number of nitrogens with one attached hydrogen (secondary N) is 2. The van der Waals surface area contributed by atoms with Gasteiger partial charge in [-0.15, -0.1) is 0 Å². The summed E-state index contributed by atoms with van der Waals surface area (Å²) >= 11 is 0.829. The molecule has 2 aliphatic rings. The highest BCUT2D eigenvalue weighted by molar-refractivity contribution is 7.99. The standard InChI is InChI=1S/C52H60N6O12S3/c1-7-72(67,68)53-51(61)37-15-13-29-55(31-37)45(59)27-23-35-21-25-43(49(57(63)64)47(35)41-19-11-9-17-39(41)33(3)4)71-44-26-22-36(48(50(44)58(65)66)42-20-12-10-18-40(42)34(5)6)24-28-46(60)56-30-14-16-38(32-56)52(62)54-73(69,70)8-2/h9-12,17-28,33-34,37-38H,7-8,13-16,29-32H2,1-6H3,(H,53,61)(H,54,62)/b27-23+,28-24+. The van der Waals surface area contributed by atoms with Gasteiger partial charge in [-0.2, -0.15) is 0 Å². The Labute approximate surface area is 430 Å². The average Bonchev–Trinajstić information content (AvgIpc) is 3.36. The lowest BCUT2D eigenvalue weighted by atomic mass is 9.89. The number of hydrogen-bond donors (Lipinski definition) is 2. The number of nitro benzene ring substituents is 2. The maximum atomic E-state index is 13.8. The van der Waals surface area contributed by atoms with Gasteiger partial charge in [0.2, 0.25) is 43.7 Å². The largest absolute Gasteiger partial charge is 0.338 e. The number of carbonyl (C=O) groups is 4. The van der Waals surface area contributed by atoms with Crippen LogP contribution < -0.4 is 9.44 Å². The Balaban J connectivity index is 1.44. The zero-order valence-corrected chi connectivity index (χ0v) is 44.0. The van der Waals surface area contributed by atoms with E-state index in [1.807, 2.05) is 52.0 Å². The van der Waals surface area contributed by atoms with E-state index in [4.69, 9.17) is 0 Å². The van der Waals surface area contributed by atoms with Crippen LogP contribution in [0.25, 0.3) is 34.4 Å². The third kappa shape index (κ3) is 13.5. The van der Waals surface area contributed by atoms with Gasteiger partial charge in [0.15, 0.2) is 0 Å². The lowest BCUT2D eigenvalue weighted by Crippen LogP contribution is -2.46. The minimum atomic E-state index is -3.82. The molecule has 0 saturated carbocycles. The summed E-state index contributed by atoms with van der Waals surface area (Å²) in [5.41, 5.74) is 2.73. The van der Waals surface area contributed by atoms with Gasteiger partial charge in [-0.05, 0) is 109 Å². The van der Waals surface area contributed by atoms with Gasteiger partial charge >= 0.3 is 0 Å². The van der Waals surface area contributed by atoms with Gasteiger partial charge < -0.3 is 9.80 Å². The van der Waals surface area contributed by atoms with Crippen molar-refractivity contribution in [1.29, 1.82) is 0 Å². The minimum absolute atomic E-state index is 0.0334. The lowest BCUT2D eigenvalue weighted by Gasteiger charge is -2.31. The molecule has 73 heavy (non-hydrogen) atoms. The summed E-state index contributed by atoms with van der Waals surface area (Å²) in [6, 6.07) is 20.4. The van der Waals surface area contributed by atoms with Crippen LogP contribution in [0.15, 0.2) is 94.7 Å². The van der Waals surface area contributed by atoms with Crippen LogP contribution in [0.1, 0.15) is 101 Å². The van der Waals surface area contributed by atoms with E-state index in [9.17, 15) is 56.2 Å². The Morgan fingerprint density at radius 3 is 1.34 bits per heavy atom. The Kier molecular flexibility index (Phi) is 18.2. The van der Waals surface area contributed by atoms with Gasteiger partial charge in [-0.3, -0.25) is 48.9 Å². The SMILES string of the molecule is CCS(=O)(=O)NC(=O)C1CCCN(C(=O)/C=C/c2ccc(Sc3ccc(/C=C/C(=O)N4CCCC(C(=O)NS(=O)(=O)CC)C4)c(-c4ccccc4C(C)C)c3[N+](=O)[O-])c([N+](=O)[O-])c2-c2ccccc2C(C)C)C1. The van der Waals surface area contributed by atoms with Crippen LogP contribution >= 0.6 is 11.8 Å². The van der Waals surface area contributed by atoms with Crippen LogP contribution in [0.5, 0.6) is 0 Å². The fourth-order valence-electron chi connectivity index (χ4n) is 9.05. The molecule has 2 fully saturated rings. The van der Waals surface area contributed by atoms with Crippen molar-refractivity contribution in [3.8, 4) is 22.3 Å². The van der Waals surface area contributed by atoms with Crippen molar-refractivity contribution < 1.29 is 45.9 Å². The molecule has 0 aromatic heterocycles. The number of amides is 4. The summed E-state index contributed by atoms with van der Waals surface area (Å²) in [6.07, 6.45) is 7.08. The number of hydrogen-bond acceptors (Lipinski definition) is 13. The first kappa shape index (κ1) is 55.6. The number of rotatable bonds is 18. The molecule has 0 aliphatic carbocycles. The number of benzene rings is 4. The third-order valence-electron chi connectivity index (χ3n) is 12.9. The lowest BCUT2D eigenvalue weighted by molar-refractivity contribution is -0.387. The number of likely N-dealkylation sites (tertiary alicyclic amines) is 2. The molecule has 2 N–H and O–H groups in total. The maximum absolute atomic E-state index is 13.8. The van der Waals surface area contributed by atoms with Crippen molar-refractivity contribution >= 4 is 79.0 Å². The first-order chi connectivity index (χ1) is 34.6. The highest BCUT2D eigenvalue weighted by atomic mass is 32.2. The van der Waals surface area contributed by atoms with E-state index < -0.39 is 65.4 Å². The summed E-state index contributed by atoms with van der Waals surface area (Å²) in [5, 5.41) is 27.0. The molecule has 2 saturated heterocycles. The minimum Gasteiger partial charge on any atom is -0.338 e. The number of sulfonamides is 2. The molecule has 2 atom stereocenters. The topological polar surface area (TPSA) is 253 Å². The highest BCUT2D eigenvalue weighted by Gasteiger charge is 2.34. The first-order valence-corrected chi connectivity index (χ1v) is 28.2. The van der Waals surface area contributed by atoms with E-state index in [1.54, 1.807) is 36.4 Å². The molecule has 2 heterocycles. The molecule has 18 nitrogen and oxygen atoms in total. The average molecular weight is 1060 g/mol. The predicted molar refractivity (Wildman–Crippen MR) is 281 cm³/mol. The quantitative estimate of drug-likeness (QED) is 0.0538. The molecule has 4 amide bonds. The third-order valence-corrected chi connectivity index (χ3v) is 16.6. The molecule has 388 valence electrons. The molecule has 0 bridgehead atoms. The van der Waals surface area contributed by atoms with Gasteiger partial charge in [0.25, 0.3) is 11.4 Å². The van der Waals surface area contributed by atoms with Gasteiger partial charge in [0.1, 0.15) is 0 Å². The predicted octanol–water partition coefficient (Wildman–Crippen LogP) is 8.67. The summed E-state index contributed by atoms with van der Waals surface area (Å²) in [5.74, 6) is -4.71. The molecule has 0 spiro atoms. The second-order valence-corrected chi connectivity index (χ2v) is 23.6. The van der Waals surface area contributed by atoms with Gasteiger partial charge in [0, 0.05) is 38.3 Å². The van der Waals surface area contributed by atoms with Gasteiger partial charge in [0.05, 0.1) is 54.1 Å². The summed E-state index contributed by atoms with van der Waals surface area (Å²) in [7, 11) is -7.64. The Morgan fingerprint density at radius 2 is 1.00 bits per heavy atom. The monoisotopic (exact) mass is 1060 g/mol. The number of piperidine rings is 2. The summed E-state index contributed by atoms with van der Waals surface area (Å²) < 4.78 is 52.6. The highest BCUT2D eigenvalue weighted by Crippen LogP contribution is 2.50. The first-order valence-electron chi connectivity index (χ1n) is 24.1. The van der Waals surface area contributed by atoms with Crippen LogP contribution in [0.4, 0.5) is 11.4 Å². The van der Waals surface area contributed by atoms with Crippen LogP contribution in [0.3, 0.4) is 0 Å². The van der Waals surface area contributed by atoms with Gasteiger partial charge in [-0.25, -0.2) is 16.8 Å². The van der Waals surface area contributed by atoms with Crippen LogP contribution in [-0.2, 0) is 39.2 Å². The van der Waals surface area contributed by atoms with Crippen LogP contribution in [0, 0.1) is 32.1 Å². The Bertz CT molecular complexity index is 2890. The molecule has 4 aromatic carbocycles. The molecule has 6 rings (SSSR count). The number of nitrogens with zero attached hydrogens (tertiary/aromatic N) is 4. The maximum Gasteiger partial charge on any atom is 0.291 e. The molecule has 0 radical (unpaired) electrons. The van der Waals surface area contributed by atoms with E-state index in [0.717, 1.165) is 22.9 Å². The van der Waals surface area contributed by atoms with Crippen LogP contribution in [0.2, 0.25) is 0 Å². The number of carbonyl (C=O) groups excluding carboxylic acids is 4. The van der Waals surface area contributed by atoms with E-state index in [0.29, 0.717) is 61.0 Å². The van der Waals surface area contributed by atoms with Crippen molar-refractivity contribution in [3.05, 3.63) is 127 Å². The van der Waals surface area contributed by atoms with E-state index >= 15 is 0 Å². The molecular weight excluding hydrogens is 997 g/mol. The van der Waals surface area contributed by atoms with Crippen molar-refractivity contribution in [3.63, 3.8) is 0 Å². The second-order valence-electron chi connectivity index (χ2n) is 18.5.